The number of rotatable bonds is 6. The molecule has 1 aromatic rings. The van der Waals surface area contributed by atoms with E-state index < -0.39 is 0 Å². The minimum absolute atomic E-state index is 0.286. The molecule has 0 radical (unpaired) electrons. The Hall–Kier alpha value is -1.06. The Morgan fingerprint density at radius 2 is 2.12 bits per heavy atom. The molecule has 0 aromatic heterocycles. The molecule has 1 fully saturated rings. The highest BCUT2D eigenvalue weighted by molar-refractivity contribution is 5.26. The number of hydrogen-bond donors (Lipinski definition) is 3. The molecule has 3 N–H and O–H groups in total. The van der Waals surface area contributed by atoms with Gasteiger partial charge in [0.25, 0.3) is 0 Å². The highest BCUT2D eigenvalue weighted by Gasteiger charge is 2.41. The second kappa shape index (κ2) is 4.85. The number of benzene rings is 1. The van der Waals surface area contributed by atoms with E-state index in [0.29, 0.717) is 11.2 Å². The average Bonchev–Trinajstić information content (AvgIpc) is 2.99. The first-order valence-electron chi connectivity index (χ1n) is 5.84. The van der Waals surface area contributed by atoms with Crippen LogP contribution >= 0.6 is 0 Å². The van der Waals surface area contributed by atoms with Crippen molar-refractivity contribution >= 4 is 0 Å². The van der Waals surface area contributed by atoms with Crippen molar-refractivity contribution in [3.63, 3.8) is 0 Å². The zero-order valence-corrected chi connectivity index (χ0v) is 9.45. The van der Waals surface area contributed by atoms with Crippen LogP contribution in [0.4, 0.5) is 0 Å². The second-order valence-electron chi connectivity index (χ2n) is 4.75. The summed E-state index contributed by atoms with van der Waals surface area (Å²) in [4.78, 5) is 0. The van der Waals surface area contributed by atoms with E-state index in [2.05, 4.69) is 5.32 Å². The third kappa shape index (κ3) is 2.97. The summed E-state index contributed by atoms with van der Waals surface area (Å²) in [5.74, 6) is 0.316. The number of phenolic OH excluding ortho intramolecular Hbond substituents is 1. The van der Waals surface area contributed by atoms with E-state index in [1.54, 1.807) is 12.1 Å². The van der Waals surface area contributed by atoms with Gasteiger partial charge in [-0.1, -0.05) is 12.1 Å². The minimum Gasteiger partial charge on any atom is -0.508 e. The molecule has 1 saturated carbocycles. The second-order valence-corrected chi connectivity index (χ2v) is 4.75. The average molecular weight is 221 g/mol. The zero-order chi connectivity index (χ0) is 11.4. The van der Waals surface area contributed by atoms with Gasteiger partial charge in [0.2, 0.25) is 0 Å². The quantitative estimate of drug-likeness (QED) is 0.684. The predicted molar refractivity (Wildman–Crippen MR) is 63.2 cm³/mol. The molecular weight excluding hydrogens is 202 g/mol. The summed E-state index contributed by atoms with van der Waals surface area (Å²) in [5.41, 5.74) is 1.45. The van der Waals surface area contributed by atoms with Crippen molar-refractivity contribution < 1.29 is 10.2 Å². The molecule has 0 amide bonds. The highest BCUT2D eigenvalue weighted by atomic mass is 16.3. The molecule has 0 saturated heterocycles. The van der Waals surface area contributed by atoms with E-state index in [0.717, 1.165) is 25.1 Å². The third-order valence-electron chi connectivity index (χ3n) is 3.34. The van der Waals surface area contributed by atoms with Crippen LogP contribution in [-0.4, -0.2) is 23.4 Å². The number of aliphatic hydroxyl groups excluding tert-OH is 1. The van der Waals surface area contributed by atoms with Crippen LogP contribution in [0, 0.1) is 5.41 Å². The van der Waals surface area contributed by atoms with Crippen molar-refractivity contribution in [3.05, 3.63) is 29.8 Å². The summed E-state index contributed by atoms with van der Waals surface area (Å²) in [7, 11) is 0. The van der Waals surface area contributed by atoms with Gasteiger partial charge in [0.05, 0.1) is 0 Å². The fourth-order valence-corrected chi connectivity index (χ4v) is 2.07. The van der Waals surface area contributed by atoms with Gasteiger partial charge in [0.1, 0.15) is 5.75 Å². The van der Waals surface area contributed by atoms with Gasteiger partial charge < -0.3 is 15.5 Å². The van der Waals surface area contributed by atoms with Crippen LogP contribution in [0.25, 0.3) is 0 Å². The summed E-state index contributed by atoms with van der Waals surface area (Å²) < 4.78 is 0. The summed E-state index contributed by atoms with van der Waals surface area (Å²) in [5, 5.41) is 21.6. The lowest BCUT2D eigenvalue weighted by Gasteiger charge is -2.14. The number of nitrogens with one attached hydrogen (secondary N) is 1. The van der Waals surface area contributed by atoms with Crippen LogP contribution in [-0.2, 0) is 6.54 Å². The minimum atomic E-state index is 0.286. The maximum Gasteiger partial charge on any atom is 0.115 e. The Morgan fingerprint density at radius 3 is 2.75 bits per heavy atom. The predicted octanol–water partition coefficient (Wildman–Crippen LogP) is 1.64. The number of aliphatic hydroxyl groups is 1. The van der Waals surface area contributed by atoms with Crippen LogP contribution in [0.3, 0.4) is 0 Å². The van der Waals surface area contributed by atoms with E-state index in [4.69, 9.17) is 5.11 Å². The first-order valence-corrected chi connectivity index (χ1v) is 5.84. The van der Waals surface area contributed by atoms with Gasteiger partial charge >= 0.3 is 0 Å². The van der Waals surface area contributed by atoms with Gasteiger partial charge in [-0.15, -0.1) is 0 Å². The maximum absolute atomic E-state index is 9.31. The molecule has 2 rings (SSSR count). The largest absolute Gasteiger partial charge is 0.508 e. The van der Waals surface area contributed by atoms with Gasteiger partial charge in [-0.05, 0) is 42.4 Å². The number of phenols is 1. The SMILES string of the molecule is OCCC1(CNCc2cccc(O)c2)CC1. The lowest BCUT2D eigenvalue weighted by molar-refractivity contribution is 0.245. The molecule has 1 aliphatic rings. The van der Waals surface area contributed by atoms with Gasteiger partial charge in [-0.3, -0.25) is 0 Å². The highest BCUT2D eigenvalue weighted by Crippen LogP contribution is 2.47. The molecule has 0 atom stereocenters. The van der Waals surface area contributed by atoms with E-state index in [1.807, 2.05) is 12.1 Å². The van der Waals surface area contributed by atoms with Crippen molar-refractivity contribution in [1.29, 1.82) is 0 Å². The maximum atomic E-state index is 9.31. The van der Waals surface area contributed by atoms with Crippen molar-refractivity contribution in [2.75, 3.05) is 13.2 Å². The van der Waals surface area contributed by atoms with Gasteiger partial charge in [-0.2, -0.15) is 0 Å². The van der Waals surface area contributed by atoms with Crippen LogP contribution in [0.2, 0.25) is 0 Å². The molecule has 1 aromatic carbocycles. The van der Waals surface area contributed by atoms with Crippen molar-refractivity contribution in [2.24, 2.45) is 5.41 Å². The van der Waals surface area contributed by atoms with Crippen molar-refractivity contribution in [1.82, 2.24) is 5.32 Å². The van der Waals surface area contributed by atoms with Crippen LogP contribution < -0.4 is 5.32 Å². The third-order valence-corrected chi connectivity index (χ3v) is 3.34. The number of hydrogen-bond acceptors (Lipinski definition) is 3. The normalized spacial score (nSPS) is 17.3. The number of aromatic hydroxyl groups is 1. The molecular formula is C13H19NO2. The van der Waals surface area contributed by atoms with Crippen LogP contribution in [0.15, 0.2) is 24.3 Å². The summed E-state index contributed by atoms with van der Waals surface area (Å²) in [6.45, 7) is 2.03. The first-order chi connectivity index (χ1) is 7.74. The van der Waals surface area contributed by atoms with Crippen LogP contribution in [0.1, 0.15) is 24.8 Å². The fourth-order valence-electron chi connectivity index (χ4n) is 2.07. The summed E-state index contributed by atoms with van der Waals surface area (Å²) in [6, 6.07) is 7.31. The first kappa shape index (κ1) is 11.4. The lowest BCUT2D eigenvalue weighted by Crippen LogP contribution is -2.24. The molecule has 0 unspecified atom stereocenters. The molecule has 0 aliphatic heterocycles. The van der Waals surface area contributed by atoms with Gasteiger partial charge in [-0.25, -0.2) is 0 Å². The van der Waals surface area contributed by atoms with Gasteiger partial charge in [0, 0.05) is 19.7 Å². The lowest BCUT2D eigenvalue weighted by atomic mass is 10.0. The topological polar surface area (TPSA) is 52.5 Å². The molecule has 3 nitrogen and oxygen atoms in total. The van der Waals surface area contributed by atoms with E-state index >= 15 is 0 Å². The standard InChI is InChI=1S/C13H19NO2/c15-7-6-13(4-5-13)10-14-9-11-2-1-3-12(16)8-11/h1-3,8,14-16H,4-7,9-10H2. The Balaban J connectivity index is 1.76. The molecule has 0 bridgehead atoms. The van der Waals surface area contributed by atoms with Crippen molar-refractivity contribution in [2.45, 2.75) is 25.8 Å². The monoisotopic (exact) mass is 221 g/mol. The Labute approximate surface area is 96.1 Å². The summed E-state index contributed by atoms with van der Waals surface area (Å²) >= 11 is 0. The molecule has 3 heteroatoms. The van der Waals surface area contributed by atoms with Crippen LogP contribution in [0.5, 0.6) is 5.75 Å². The van der Waals surface area contributed by atoms with E-state index in [-0.39, 0.29) is 6.61 Å². The van der Waals surface area contributed by atoms with Crippen molar-refractivity contribution in [3.8, 4) is 5.75 Å². The Morgan fingerprint density at radius 1 is 1.31 bits per heavy atom. The molecule has 88 valence electrons. The Kier molecular flexibility index (Phi) is 3.46. The fraction of sp³-hybridized carbons (Fsp3) is 0.538. The van der Waals surface area contributed by atoms with Gasteiger partial charge in [0.15, 0.2) is 0 Å². The Bertz CT molecular complexity index is 348. The molecule has 0 heterocycles. The molecule has 1 aliphatic carbocycles. The van der Waals surface area contributed by atoms with E-state index in [9.17, 15) is 5.11 Å². The zero-order valence-electron chi connectivity index (χ0n) is 9.45. The smallest absolute Gasteiger partial charge is 0.115 e. The molecule has 16 heavy (non-hydrogen) atoms. The van der Waals surface area contributed by atoms with E-state index in [1.165, 1.54) is 12.8 Å². The summed E-state index contributed by atoms with van der Waals surface area (Å²) in [6.07, 6.45) is 3.35. The molecule has 0 spiro atoms.